The molecule has 1 saturated heterocycles. The van der Waals surface area contributed by atoms with Gasteiger partial charge in [0.15, 0.2) is 0 Å². The first kappa shape index (κ1) is 23.5. The summed E-state index contributed by atoms with van der Waals surface area (Å²) < 4.78 is 18.2. The first-order chi connectivity index (χ1) is 13.7. The summed E-state index contributed by atoms with van der Waals surface area (Å²) in [6.07, 6.45) is 2.98. The third-order valence-corrected chi connectivity index (χ3v) is 6.86. The van der Waals surface area contributed by atoms with Gasteiger partial charge >= 0.3 is 5.97 Å². The largest absolute Gasteiger partial charge is 0.478 e. The number of rotatable bonds is 11. The fraction of sp³-hybridized carbons (Fsp3) is 0.600. The second-order valence-corrected chi connectivity index (χ2v) is 10.1. The number of morpholine rings is 1. The summed E-state index contributed by atoms with van der Waals surface area (Å²) in [6.45, 7) is 2.98. The number of carboxylic acid groups (broad SMARTS) is 1. The molecule has 1 unspecified atom stereocenters. The fourth-order valence-corrected chi connectivity index (χ4v) is 5.14. The minimum absolute atomic E-state index is 0.0437. The van der Waals surface area contributed by atoms with Gasteiger partial charge in [0, 0.05) is 32.2 Å². The Balaban J connectivity index is 1.68. The quantitative estimate of drug-likeness (QED) is 0.314. The second kappa shape index (κ2) is 11.5. The maximum absolute atomic E-state index is 12.4. The maximum atomic E-state index is 12.4. The van der Waals surface area contributed by atoms with Gasteiger partial charge in [-0.25, -0.2) is 4.79 Å². The Labute approximate surface area is 171 Å². The van der Waals surface area contributed by atoms with Gasteiger partial charge in [0.1, 0.15) is 0 Å². The molecule has 2 rings (SSSR count). The first-order valence-corrected chi connectivity index (χ1v) is 12.0. The van der Waals surface area contributed by atoms with Crippen molar-refractivity contribution in [3.05, 3.63) is 35.4 Å². The highest BCUT2D eigenvalue weighted by molar-refractivity contribution is 7.58. The molecule has 0 saturated carbocycles. The van der Waals surface area contributed by atoms with Crippen LogP contribution in [0.4, 0.5) is 0 Å². The van der Waals surface area contributed by atoms with Crippen LogP contribution < -0.4 is 10.6 Å². The van der Waals surface area contributed by atoms with Gasteiger partial charge < -0.3 is 25.4 Å². The molecule has 0 aliphatic carbocycles. The highest BCUT2D eigenvalue weighted by Gasteiger charge is 2.28. The van der Waals surface area contributed by atoms with E-state index >= 15 is 0 Å². The van der Waals surface area contributed by atoms with E-state index in [0.717, 1.165) is 18.4 Å². The Bertz CT molecular complexity index is 733. The third kappa shape index (κ3) is 9.09. The lowest BCUT2D eigenvalue weighted by Gasteiger charge is -2.31. The van der Waals surface area contributed by atoms with Crippen LogP contribution in [-0.4, -0.2) is 66.0 Å². The fourth-order valence-electron chi connectivity index (χ4n) is 3.37. The monoisotopic (exact) mass is 426 g/mol. The van der Waals surface area contributed by atoms with E-state index < -0.39 is 13.3 Å². The summed E-state index contributed by atoms with van der Waals surface area (Å²) in [4.78, 5) is 32.1. The molecule has 1 fully saturated rings. The molecule has 0 aromatic heterocycles. The number of ether oxygens (including phenoxy) is 1. The van der Waals surface area contributed by atoms with Crippen LogP contribution in [0.3, 0.4) is 0 Å². The Morgan fingerprint density at radius 2 is 2.10 bits per heavy atom. The van der Waals surface area contributed by atoms with Crippen LogP contribution in [0.5, 0.6) is 0 Å². The second-order valence-electron chi connectivity index (χ2n) is 7.57. The van der Waals surface area contributed by atoms with Gasteiger partial charge in [0.25, 0.3) is 0 Å². The van der Waals surface area contributed by atoms with Crippen molar-refractivity contribution < 1.29 is 28.9 Å². The number of hydrogen-bond acceptors (Lipinski definition) is 5. The van der Waals surface area contributed by atoms with Gasteiger partial charge in [0.05, 0.1) is 24.4 Å². The number of carbonyl (C=O) groups excluding carboxylic acids is 1. The summed E-state index contributed by atoms with van der Waals surface area (Å²) in [5, 5.41) is 15.1. The Morgan fingerprint density at radius 3 is 2.76 bits per heavy atom. The highest BCUT2D eigenvalue weighted by Crippen LogP contribution is 2.42. The molecule has 1 aromatic carbocycles. The maximum Gasteiger partial charge on any atom is 0.335 e. The molecule has 0 radical (unpaired) electrons. The van der Waals surface area contributed by atoms with Crippen molar-refractivity contribution in [2.24, 2.45) is 0 Å². The minimum Gasteiger partial charge on any atom is -0.478 e. The molecule has 1 aliphatic rings. The molecule has 1 aliphatic heterocycles. The van der Waals surface area contributed by atoms with E-state index in [1.807, 2.05) is 6.07 Å². The molecule has 0 spiro atoms. The zero-order chi connectivity index (χ0) is 21.3. The molecule has 1 amide bonds. The van der Waals surface area contributed by atoms with E-state index in [0.29, 0.717) is 32.5 Å². The van der Waals surface area contributed by atoms with Gasteiger partial charge in [0.2, 0.25) is 13.3 Å². The van der Waals surface area contributed by atoms with E-state index in [1.54, 1.807) is 18.2 Å². The number of hydrogen-bond donors (Lipinski definition) is 4. The predicted molar refractivity (Wildman–Crippen MR) is 111 cm³/mol. The number of benzene rings is 1. The molecule has 9 heteroatoms. The Morgan fingerprint density at radius 1 is 1.31 bits per heavy atom. The lowest BCUT2D eigenvalue weighted by atomic mass is 10.0. The van der Waals surface area contributed by atoms with Crippen molar-refractivity contribution in [1.29, 1.82) is 0 Å². The molecule has 1 heterocycles. The first-order valence-electron chi connectivity index (χ1n) is 9.97. The van der Waals surface area contributed by atoms with E-state index in [1.165, 1.54) is 6.92 Å². The van der Waals surface area contributed by atoms with E-state index in [2.05, 4.69) is 10.6 Å². The Kier molecular flexibility index (Phi) is 9.30. The van der Waals surface area contributed by atoms with Crippen molar-refractivity contribution in [3.8, 4) is 0 Å². The number of carbonyl (C=O) groups is 2. The van der Waals surface area contributed by atoms with Crippen molar-refractivity contribution in [2.75, 3.05) is 32.0 Å². The van der Waals surface area contributed by atoms with Crippen LogP contribution in [0, 0.1) is 0 Å². The Hall–Kier alpha value is -1.73. The van der Waals surface area contributed by atoms with Gasteiger partial charge in [-0.2, -0.15) is 0 Å². The van der Waals surface area contributed by atoms with Crippen molar-refractivity contribution in [1.82, 2.24) is 10.6 Å². The molecule has 1 aromatic rings. The van der Waals surface area contributed by atoms with Crippen LogP contribution in [0.1, 0.15) is 42.1 Å². The minimum atomic E-state index is -3.25. The number of carboxylic acids is 1. The van der Waals surface area contributed by atoms with Crippen LogP contribution in [0.15, 0.2) is 24.3 Å². The molecule has 29 heavy (non-hydrogen) atoms. The average Bonchev–Trinajstić information content (AvgIpc) is 2.66. The molecule has 0 bridgehead atoms. The normalized spacial score (nSPS) is 21.3. The summed E-state index contributed by atoms with van der Waals surface area (Å²) in [5.74, 6) is -1.01. The van der Waals surface area contributed by atoms with Crippen LogP contribution in [0.2, 0.25) is 0 Å². The summed E-state index contributed by atoms with van der Waals surface area (Å²) in [6, 6.07) is 6.87. The van der Waals surface area contributed by atoms with Crippen molar-refractivity contribution in [2.45, 2.75) is 44.8 Å². The number of unbranched alkanes of at least 4 members (excludes halogenated alkanes) is 2. The highest BCUT2D eigenvalue weighted by atomic mass is 31.2. The zero-order valence-corrected chi connectivity index (χ0v) is 17.7. The standard InChI is InChI=1S/C20H31N2O6P/c1-15(23)21-8-3-2-4-9-29(26,27)14-19-12-22-18(13-28-19)11-16-6-5-7-17(10-16)20(24)25/h5-7,10,18-19,22H,2-4,8-9,11-14H2,1H3,(H,21,23)(H,24,25)(H,26,27)/t18-,19+/m1/s1. The van der Waals surface area contributed by atoms with Crippen LogP contribution in [0.25, 0.3) is 0 Å². The lowest BCUT2D eigenvalue weighted by Crippen LogP contribution is -2.48. The smallest absolute Gasteiger partial charge is 0.335 e. The van der Waals surface area contributed by atoms with Gasteiger partial charge in [-0.15, -0.1) is 0 Å². The molecular formula is C20H31N2O6P. The van der Waals surface area contributed by atoms with Crippen molar-refractivity contribution in [3.63, 3.8) is 0 Å². The van der Waals surface area contributed by atoms with E-state index in [9.17, 15) is 19.0 Å². The molecular weight excluding hydrogens is 395 g/mol. The average molecular weight is 426 g/mol. The van der Waals surface area contributed by atoms with Crippen LogP contribution in [-0.2, 0) is 20.5 Å². The number of nitrogens with one attached hydrogen (secondary N) is 2. The van der Waals surface area contributed by atoms with Gasteiger partial charge in [-0.05, 0) is 37.0 Å². The molecule has 3 atom stereocenters. The van der Waals surface area contributed by atoms with Crippen molar-refractivity contribution >= 4 is 19.2 Å². The summed E-state index contributed by atoms with van der Waals surface area (Å²) in [5.41, 5.74) is 1.17. The summed E-state index contributed by atoms with van der Waals surface area (Å²) in [7, 11) is -3.25. The van der Waals surface area contributed by atoms with Gasteiger partial charge in [-0.3, -0.25) is 9.36 Å². The molecule has 8 nitrogen and oxygen atoms in total. The van der Waals surface area contributed by atoms with Gasteiger partial charge in [-0.1, -0.05) is 18.6 Å². The molecule has 4 N–H and O–H groups in total. The SMILES string of the molecule is CC(=O)NCCCCCP(=O)(O)C[C@@H]1CN[C@H](Cc2cccc(C(=O)O)c2)CO1. The topological polar surface area (TPSA) is 125 Å². The van der Waals surface area contributed by atoms with E-state index in [-0.39, 0.29) is 35.9 Å². The zero-order valence-electron chi connectivity index (χ0n) is 16.8. The third-order valence-electron chi connectivity index (χ3n) is 4.87. The van der Waals surface area contributed by atoms with Crippen LogP contribution >= 0.6 is 7.37 Å². The number of aromatic carboxylic acids is 1. The summed E-state index contributed by atoms with van der Waals surface area (Å²) >= 11 is 0. The lowest BCUT2D eigenvalue weighted by molar-refractivity contribution is -0.118. The number of amides is 1. The predicted octanol–water partition coefficient (Wildman–Crippen LogP) is 1.86. The van der Waals surface area contributed by atoms with E-state index in [4.69, 9.17) is 9.84 Å². The molecule has 162 valence electrons.